The van der Waals surface area contributed by atoms with Crippen molar-refractivity contribution in [2.24, 2.45) is 0 Å². The van der Waals surface area contributed by atoms with Gasteiger partial charge < -0.3 is 5.32 Å². The lowest BCUT2D eigenvalue weighted by Crippen LogP contribution is -2.46. The Kier molecular flexibility index (Phi) is 5.92. The van der Waals surface area contributed by atoms with Gasteiger partial charge in [-0.05, 0) is 29.2 Å². The van der Waals surface area contributed by atoms with E-state index in [-0.39, 0.29) is 24.4 Å². The number of benzene rings is 1. The van der Waals surface area contributed by atoms with Gasteiger partial charge in [-0.3, -0.25) is 25.0 Å². The average molecular weight is 387 g/mol. The molecule has 0 saturated carbocycles. The molecule has 7 nitrogen and oxygen atoms in total. The second kappa shape index (κ2) is 8.54. The van der Waals surface area contributed by atoms with Crippen molar-refractivity contribution in [3.05, 3.63) is 64.0 Å². The van der Waals surface area contributed by atoms with Crippen LogP contribution in [0.3, 0.4) is 0 Å². The molecule has 3 rings (SSSR count). The molecule has 0 saturated heterocycles. The molecule has 0 spiro atoms. The number of aryl methyl sites for hydroxylation is 1. The molecule has 3 N–H and O–H groups in total. The van der Waals surface area contributed by atoms with E-state index < -0.39 is 0 Å². The summed E-state index contributed by atoms with van der Waals surface area (Å²) in [6, 6.07) is 11.5. The van der Waals surface area contributed by atoms with Crippen LogP contribution in [0.5, 0.6) is 0 Å². The predicted octanol–water partition coefficient (Wildman–Crippen LogP) is 1.54. The lowest BCUT2D eigenvalue weighted by Gasteiger charge is -2.12. The minimum absolute atomic E-state index is 0.130. The summed E-state index contributed by atoms with van der Waals surface area (Å²) in [5.41, 5.74) is 6.10. The first-order valence-corrected chi connectivity index (χ1v) is 9.21. The largest absolute Gasteiger partial charge is 0.357 e. The highest BCUT2D eigenvalue weighted by Gasteiger charge is 2.07. The van der Waals surface area contributed by atoms with E-state index in [0.717, 1.165) is 5.56 Å². The Morgan fingerprint density at radius 3 is 2.81 bits per heavy atom. The quantitative estimate of drug-likeness (QED) is 0.455. The average Bonchev–Trinajstić information content (AvgIpc) is 3.14. The van der Waals surface area contributed by atoms with Crippen molar-refractivity contribution in [2.45, 2.75) is 19.5 Å². The zero-order chi connectivity index (χ0) is 18.4. The van der Waals surface area contributed by atoms with Crippen molar-refractivity contribution in [3.63, 3.8) is 0 Å². The van der Waals surface area contributed by atoms with E-state index in [4.69, 9.17) is 12.2 Å². The van der Waals surface area contributed by atoms with Gasteiger partial charge in [-0.15, -0.1) is 11.3 Å². The molecule has 26 heavy (non-hydrogen) atoms. The van der Waals surface area contributed by atoms with Crippen LogP contribution in [-0.4, -0.2) is 20.6 Å². The minimum atomic E-state index is -0.272. The number of carbonyl (C=O) groups is 1. The number of hydrogen-bond donors (Lipinski definition) is 3. The van der Waals surface area contributed by atoms with Gasteiger partial charge in [0.25, 0.3) is 5.56 Å². The van der Waals surface area contributed by atoms with E-state index >= 15 is 0 Å². The predicted molar refractivity (Wildman–Crippen MR) is 106 cm³/mol. The number of fused-ring (bicyclic) bond motifs is 1. The van der Waals surface area contributed by atoms with E-state index in [0.29, 0.717) is 21.9 Å². The van der Waals surface area contributed by atoms with Gasteiger partial charge >= 0.3 is 0 Å². The fourth-order valence-electron chi connectivity index (χ4n) is 2.29. The van der Waals surface area contributed by atoms with Gasteiger partial charge in [0.2, 0.25) is 5.91 Å². The first kappa shape index (κ1) is 18.0. The molecule has 9 heteroatoms. The number of hydrogen-bond acceptors (Lipinski definition) is 5. The monoisotopic (exact) mass is 387 g/mol. The summed E-state index contributed by atoms with van der Waals surface area (Å²) in [5, 5.41) is 5.71. The molecule has 1 amide bonds. The summed E-state index contributed by atoms with van der Waals surface area (Å²) in [5.74, 6) is -0.272. The van der Waals surface area contributed by atoms with Crippen LogP contribution >= 0.6 is 23.6 Å². The third kappa shape index (κ3) is 4.64. The number of aromatic nitrogens is 2. The zero-order valence-corrected chi connectivity index (χ0v) is 15.4. The van der Waals surface area contributed by atoms with Crippen LogP contribution in [0.15, 0.2) is 52.9 Å². The smallest absolute Gasteiger partial charge is 0.262 e. The molecule has 0 bridgehead atoms. The second-order valence-corrected chi connectivity index (χ2v) is 6.78. The van der Waals surface area contributed by atoms with Crippen LogP contribution in [0.2, 0.25) is 0 Å². The Morgan fingerprint density at radius 1 is 1.19 bits per heavy atom. The molecule has 0 atom stereocenters. The maximum Gasteiger partial charge on any atom is 0.262 e. The lowest BCUT2D eigenvalue weighted by atomic mass is 10.2. The maximum absolute atomic E-state index is 12.2. The molecule has 1 aromatic carbocycles. The molecule has 0 fully saturated rings. The van der Waals surface area contributed by atoms with E-state index in [9.17, 15) is 9.59 Å². The van der Waals surface area contributed by atoms with Crippen LogP contribution in [0, 0.1) is 0 Å². The normalized spacial score (nSPS) is 10.5. The van der Waals surface area contributed by atoms with Crippen molar-refractivity contribution in [3.8, 4) is 0 Å². The number of hydrazine groups is 1. The van der Waals surface area contributed by atoms with Crippen molar-refractivity contribution in [1.29, 1.82) is 0 Å². The summed E-state index contributed by atoms with van der Waals surface area (Å²) in [7, 11) is 0. The highest BCUT2D eigenvalue weighted by atomic mass is 32.1. The van der Waals surface area contributed by atoms with Crippen molar-refractivity contribution < 1.29 is 4.79 Å². The van der Waals surface area contributed by atoms with E-state index in [1.165, 1.54) is 22.2 Å². The van der Waals surface area contributed by atoms with Gasteiger partial charge in [0.1, 0.15) is 4.83 Å². The molecular weight excluding hydrogens is 370 g/mol. The molecule has 2 heterocycles. The number of thiocarbonyl (C=S) groups is 1. The maximum atomic E-state index is 12.2. The Morgan fingerprint density at radius 2 is 2.00 bits per heavy atom. The molecule has 0 unspecified atom stereocenters. The number of nitrogens with one attached hydrogen (secondary N) is 3. The highest BCUT2D eigenvalue weighted by Crippen LogP contribution is 2.13. The molecule has 0 aliphatic carbocycles. The van der Waals surface area contributed by atoms with Crippen LogP contribution < -0.4 is 21.7 Å². The molecule has 134 valence electrons. The fraction of sp³-hybridized carbons (Fsp3) is 0.176. The SMILES string of the molecule is O=C(CCn1cnc2sccc2c1=O)NNC(=S)NCc1ccccc1. The van der Waals surface area contributed by atoms with Gasteiger partial charge in [-0.1, -0.05) is 30.3 Å². The second-order valence-electron chi connectivity index (χ2n) is 5.47. The van der Waals surface area contributed by atoms with E-state index in [1.807, 2.05) is 35.7 Å². The Bertz CT molecular complexity index is 968. The number of carbonyl (C=O) groups excluding carboxylic acids is 1. The Balaban J connectivity index is 1.43. The van der Waals surface area contributed by atoms with Crippen LogP contribution in [0.25, 0.3) is 10.2 Å². The fourth-order valence-corrected chi connectivity index (χ4v) is 3.13. The van der Waals surface area contributed by atoms with Gasteiger partial charge in [-0.25, -0.2) is 4.98 Å². The Labute approximate surface area is 159 Å². The van der Waals surface area contributed by atoms with Crippen molar-refractivity contribution >= 4 is 44.8 Å². The first-order chi connectivity index (χ1) is 12.6. The van der Waals surface area contributed by atoms with E-state index in [2.05, 4.69) is 21.2 Å². The Hall–Kier alpha value is -2.78. The molecule has 0 aliphatic rings. The summed E-state index contributed by atoms with van der Waals surface area (Å²) in [6.07, 6.45) is 1.60. The summed E-state index contributed by atoms with van der Waals surface area (Å²) in [6.45, 7) is 0.805. The first-order valence-electron chi connectivity index (χ1n) is 7.93. The third-order valence-electron chi connectivity index (χ3n) is 3.64. The summed E-state index contributed by atoms with van der Waals surface area (Å²) >= 11 is 6.53. The van der Waals surface area contributed by atoms with Crippen LogP contribution in [0.4, 0.5) is 0 Å². The molecule has 0 radical (unpaired) electrons. The lowest BCUT2D eigenvalue weighted by molar-refractivity contribution is -0.121. The van der Waals surface area contributed by atoms with Gasteiger partial charge in [-0.2, -0.15) is 0 Å². The standard InChI is InChI=1S/C17H17N5O2S2/c23-14(20-21-17(25)18-10-12-4-2-1-3-5-12)6-8-22-11-19-15-13(16(22)24)7-9-26-15/h1-5,7,9,11H,6,8,10H2,(H,20,23)(H2,18,21,25). The third-order valence-corrected chi connectivity index (χ3v) is 4.71. The number of thiophene rings is 1. The summed E-state index contributed by atoms with van der Waals surface area (Å²) < 4.78 is 1.43. The minimum Gasteiger partial charge on any atom is -0.357 e. The van der Waals surface area contributed by atoms with Crippen molar-refractivity contribution in [2.75, 3.05) is 0 Å². The van der Waals surface area contributed by atoms with E-state index in [1.54, 1.807) is 6.07 Å². The summed E-state index contributed by atoms with van der Waals surface area (Å²) in [4.78, 5) is 29.1. The van der Waals surface area contributed by atoms with Crippen LogP contribution in [0.1, 0.15) is 12.0 Å². The molecular formula is C17H17N5O2S2. The van der Waals surface area contributed by atoms with Crippen LogP contribution in [-0.2, 0) is 17.9 Å². The molecule has 0 aliphatic heterocycles. The molecule has 3 aromatic rings. The zero-order valence-electron chi connectivity index (χ0n) is 13.8. The molecule has 2 aromatic heterocycles. The van der Waals surface area contributed by atoms with Crippen molar-refractivity contribution in [1.82, 2.24) is 25.7 Å². The van der Waals surface area contributed by atoms with Gasteiger partial charge in [0.05, 0.1) is 11.7 Å². The number of amides is 1. The number of nitrogens with zero attached hydrogens (tertiary/aromatic N) is 2. The number of rotatable bonds is 5. The van der Waals surface area contributed by atoms with Gasteiger partial charge in [0, 0.05) is 19.5 Å². The van der Waals surface area contributed by atoms with Gasteiger partial charge in [0.15, 0.2) is 5.11 Å². The topological polar surface area (TPSA) is 88.0 Å². The highest BCUT2D eigenvalue weighted by molar-refractivity contribution is 7.80.